The topological polar surface area (TPSA) is 122 Å². The number of halogens is 4. The van der Waals surface area contributed by atoms with Gasteiger partial charge in [0.05, 0.1) is 33.5 Å². The van der Waals surface area contributed by atoms with Gasteiger partial charge >= 0.3 is 0 Å². The number of nitrogens with two attached hydrogens (primary N) is 1. The fourth-order valence-electron chi connectivity index (χ4n) is 3.19. The van der Waals surface area contributed by atoms with Crippen molar-refractivity contribution < 1.29 is 31.1 Å². The van der Waals surface area contributed by atoms with E-state index in [9.17, 15) is 22.0 Å². The Kier molecular flexibility index (Phi) is 7.70. The molecule has 0 bridgehead atoms. The first-order chi connectivity index (χ1) is 16.4. The molecule has 0 saturated heterocycles. The first kappa shape index (κ1) is 26.0. The maximum absolute atomic E-state index is 15.2. The van der Waals surface area contributed by atoms with Crippen LogP contribution in [0.15, 0.2) is 53.4 Å². The molecule has 0 aliphatic rings. The molecule has 0 unspecified atom stereocenters. The molecular weight excluding hydrogens is 507 g/mol. The van der Waals surface area contributed by atoms with Gasteiger partial charge in [0, 0.05) is 11.3 Å². The Bertz CT molecular complexity index is 1460. The Labute approximate surface area is 203 Å². The largest absolute Gasteiger partial charge is 0.452 e. The zero-order chi connectivity index (χ0) is 25.9. The van der Waals surface area contributed by atoms with Crippen molar-refractivity contribution in [2.24, 2.45) is 5.14 Å². The molecule has 0 aliphatic heterocycles. The Morgan fingerprint density at radius 3 is 2.54 bits per heavy atom. The summed E-state index contributed by atoms with van der Waals surface area (Å²) in [6.07, 6.45) is -3.55. The van der Waals surface area contributed by atoms with Crippen LogP contribution in [0, 0.1) is 24.1 Å². The van der Waals surface area contributed by atoms with Gasteiger partial charge in [0.1, 0.15) is 5.75 Å². The summed E-state index contributed by atoms with van der Waals surface area (Å²) in [5.74, 6) is -2.73. The third-order valence-corrected chi connectivity index (χ3v) is 6.11. The highest BCUT2D eigenvalue weighted by molar-refractivity contribution is 7.89. The fraction of sp³-hybridized carbons (Fsp3) is 0.130. The van der Waals surface area contributed by atoms with E-state index in [1.165, 1.54) is 42.5 Å². The van der Waals surface area contributed by atoms with Crippen molar-refractivity contribution in [3.63, 3.8) is 0 Å². The maximum atomic E-state index is 15.2. The third-order valence-electron chi connectivity index (χ3n) is 4.90. The fourth-order valence-corrected chi connectivity index (χ4v) is 3.97. The molecule has 3 aromatic rings. The Morgan fingerprint density at radius 1 is 1.23 bits per heavy atom. The highest BCUT2D eigenvalue weighted by atomic mass is 35.5. The summed E-state index contributed by atoms with van der Waals surface area (Å²) in [6, 6.07) is 11.5. The number of nitriles is 1. The number of anilines is 1. The summed E-state index contributed by atoms with van der Waals surface area (Å²) in [6.45, 7) is 1.55. The zero-order valence-corrected chi connectivity index (χ0v) is 19.6. The number of hydrogen-bond donors (Lipinski definition) is 2. The van der Waals surface area contributed by atoms with Crippen molar-refractivity contribution in [1.82, 2.24) is 0 Å². The second kappa shape index (κ2) is 10.4. The molecule has 7 nitrogen and oxygen atoms in total. The molecule has 0 spiro atoms. The van der Waals surface area contributed by atoms with E-state index >= 15 is 4.39 Å². The molecule has 12 heteroatoms. The van der Waals surface area contributed by atoms with Gasteiger partial charge in [-0.15, -0.1) is 0 Å². The minimum atomic E-state index is -3.93. The summed E-state index contributed by atoms with van der Waals surface area (Å²) in [7, 11) is -3.93. The molecule has 0 aromatic heterocycles. The van der Waals surface area contributed by atoms with E-state index in [-0.39, 0.29) is 26.7 Å². The number of nitrogens with one attached hydrogen (secondary N) is 1. The number of rotatable bonds is 7. The van der Waals surface area contributed by atoms with Crippen molar-refractivity contribution in [3.05, 3.63) is 81.6 Å². The van der Waals surface area contributed by atoms with Crippen LogP contribution >= 0.6 is 11.6 Å². The van der Waals surface area contributed by atoms with Crippen LogP contribution in [-0.4, -0.2) is 14.3 Å². The van der Waals surface area contributed by atoms with Crippen molar-refractivity contribution in [1.29, 1.82) is 5.26 Å². The Hall–Kier alpha value is -3.59. The summed E-state index contributed by atoms with van der Waals surface area (Å²) in [4.78, 5) is 12.4. The lowest BCUT2D eigenvalue weighted by atomic mass is 10.1. The molecule has 0 saturated carbocycles. The van der Waals surface area contributed by atoms with E-state index in [1.807, 2.05) is 0 Å². The number of aryl methyl sites for hydroxylation is 1. The minimum absolute atomic E-state index is 0.137. The first-order valence-electron chi connectivity index (χ1n) is 9.81. The summed E-state index contributed by atoms with van der Waals surface area (Å²) in [5, 5.41) is 16.5. The van der Waals surface area contributed by atoms with Gasteiger partial charge in [-0.25, -0.2) is 26.7 Å². The molecule has 0 heterocycles. The number of sulfonamides is 1. The van der Waals surface area contributed by atoms with Gasteiger partial charge in [-0.1, -0.05) is 23.7 Å². The molecule has 182 valence electrons. The second-order valence-corrected chi connectivity index (χ2v) is 9.30. The van der Waals surface area contributed by atoms with E-state index < -0.39 is 51.7 Å². The molecule has 3 rings (SSSR count). The van der Waals surface area contributed by atoms with E-state index in [0.717, 1.165) is 6.07 Å². The van der Waals surface area contributed by atoms with Gasteiger partial charge in [-0.05, 0) is 48.9 Å². The number of benzene rings is 3. The molecule has 3 aromatic carbocycles. The van der Waals surface area contributed by atoms with Crippen molar-refractivity contribution in [2.45, 2.75) is 24.7 Å². The lowest BCUT2D eigenvalue weighted by Gasteiger charge is -2.15. The van der Waals surface area contributed by atoms with Gasteiger partial charge in [0.2, 0.25) is 15.9 Å². The molecule has 0 fully saturated rings. The van der Waals surface area contributed by atoms with Crippen molar-refractivity contribution >= 4 is 33.2 Å². The smallest absolute Gasteiger partial charge is 0.268 e. The van der Waals surface area contributed by atoms with E-state index in [2.05, 4.69) is 5.32 Å². The predicted octanol–water partition coefficient (Wildman–Crippen LogP) is 5.22. The van der Waals surface area contributed by atoms with Crippen LogP contribution in [0.25, 0.3) is 0 Å². The normalized spacial score (nSPS) is 11.3. The van der Waals surface area contributed by atoms with Gasteiger partial charge in [-0.3, -0.25) is 4.79 Å². The van der Waals surface area contributed by atoms with E-state index in [4.69, 9.17) is 26.7 Å². The SMILES string of the molecule is Cc1cc(S(N)(=O)=O)ccc1NC(=O)Cc1ccc(Cl)c(Oc2cccc(C#N)c2C(F)F)c1F. The van der Waals surface area contributed by atoms with Crippen molar-refractivity contribution in [3.8, 4) is 17.6 Å². The minimum Gasteiger partial charge on any atom is -0.452 e. The summed E-state index contributed by atoms with van der Waals surface area (Å²) < 4.78 is 70.4. The van der Waals surface area contributed by atoms with Crippen LogP contribution in [-0.2, 0) is 21.2 Å². The lowest BCUT2D eigenvalue weighted by molar-refractivity contribution is -0.115. The molecule has 35 heavy (non-hydrogen) atoms. The molecule has 0 aliphatic carbocycles. The maximum Gasteiger partial charge on any atom is 0.268 e. The summed E-state index contributed by atoms with van der Waals surface area (Å²) in [5.41, 5.74) is -0.512. The van der Waals surface area contributed by atoms with Gasteiger partial charge in [0.15, 0.2) is 11.6 Å². The average Bonchev–Trinajstić information content (AvgIpc) is 2.78. The second-order valence-electron chi connectivity index (χ2n) is 7.33. The Balaban J connectivity index is 1.87. The molecule has 0 radical (unpaired) electrons. The monoisotopic (exact) mass is 523 g/mol. The number of nitrogens with zero attached hydrogens (tertiary/aromatic N) is 1. The first-order valence-corrected chi connectivity index (χ1v) is 11.7. The zero-order valence-electron chi connectivity index (χ0n) is 18.0. The van der Waals surface area contributed by atoms with Crippen LogP contribution in [0.4, 0.5) is 18.9 Å². The van der Waals surface area contributed by atoms with Gasteiger partial charge in [-0.2, -0.15) is 5.26 Å². The standard InChI is InChI=1S/C23H17ClF3N3O4S/c1-12-9-15(35(29,32)33)6-8-17(12)30-19(31)10-13-5-7-16(24)22(21(13)25)34-18-4-2-3-14(11-28)20(18)23(26)27/h2-9,23H,10H2,1H3,(H,30,31)(H2,29,32,33). The number of primary sulfonamides is 1. The van der Waals surface area contributed by atoms with Crippen LogP contribution in [0.1, 0.15) is 28.7 Å². The summed E-state index contributed by atoms with van der Waals surface area (Å²) >= 11 is 6.02. The quantitative estimate of drug-likeness (QED) is 0.439. The number of carbonyl (C=O) groups is 1. The molecule has 1 amide bonds. The molecule has 3 N–H and O–H groups in total. The number of carbonyl (C=O) groups excluding carboxylic acids is 1. The number of alkyl halides is 2. The van der Waals surface area contributed by atoms with Crippen LogP contribution in [0.3, 0.4) is 0 Å². The van der Waals surface area contributed by atoms with E-state index in [1.54, 1.807) is 13.0 Å². The van der Waals surface area contributed by atoms with E-state index in [0.29, 0.717) is 5.56 Å². The number of hydrogen-bond acceptors (Lipinski definition) is 5. The lowest BCUT2D eigenvalue weighted by Crippen LogP contribution is -2.17. The highest BCUT2D eigenvalue weighted by Gasteiger charge is 2.23. The van der Waals surface area contributed by atoms with Crippen molar-refractivity contribution in [2.75, 3.05) is 5.32 Å². The molecular formula is C23H17ClF3N3O4S. The van der Waals surface area contributed by atoms with Crippen LogP contribution in [0.2, 0.25) is 5.02 Å². The third kappa shape index (κ3) is 5.92. The van der Waals surface area contributed by atoms with Gasteiger partial charge in [0.25, 0.3) is 6.43 Å². The number of amides is 1. The van der Waals surface area contributed by atoms with Gasteiger partial charge < -0.3 is 10.1 Å². The highest BCUT2D eigenvalue weighted by Crippen LogP contribution is 2.39. The Morgan fingerprint density at radius 2 is 1.94 bits per heavy atom. The number of ether oxygens (including phenoxy) is 1. The van der Waals surface area contributed by atoms with Crippen LogP contribution < -0.4 is 15.2 Å². The molecule has 0 atom stereocenters. The van der Waals surface area contributed by atoms with Crippen LogP contribution in [0.5, 0.6) is 11.5 Å². The average molecular weight is 524 g/mol. The predicted molar refractivity (Wildman–Crippen MR) is 122 cm³/mol.